The van der Waals surface area contributed by atoms with Crippen LogP contribution in [0.25, 0.3) is 0 Å². The maximum Gasteiger partial charge on any atom is 0.409 e. The van der Waals surface area contributed by atoms with Gasteiger partial charge in [-0.25, -0.2) is 4.79 Å². The third-order valence-electron chi connectivity index (χ3n) is 5.38. The van der Waals surface area contributed by atoms with Crippen molar-refractivity contribution in [3.05, 3.63) is 0 Å². The average molecular weight is 369 g/mol. The topological polar surface area (TPSA) is 59.1 Å². The van der Waals surface area contributed by atoms with E-state index in [1.165, 1.54) is 0 Å². The molecular formula is C20H36N2O4. The number of rotatable bonds is 5. The molecule has 2 amide bonds. The summed E-state index contributed by atoms with van der Waals surface area (Å²) in [7, 11) is 0. The van der Waals surface area contributed by atoms with Crippen LogP contribution in [0.5, 0.6) is 0 Å². The van der Waals surface area contributed by atoms with Crippen LogP contribution in [0.2, 0.25) is 0 Å². The third-order valence-corrected chi connectivity index (χ3v) is 5.38. The van der Waals surface area contributed by atoms with Crippen LogP contribution in [-0.4, -0.2) is 66.3 Å². The van der Waals surface area contributed by atoms with E-state index >= 15 is 0 Å². The summed E-state index contributed by atoms with van der Waals surface area (Å²) < 4.78 is 11.1. The fourth-order valence-corrected chi connectivity index (χ4v) is 3.93. The first-order valence-electron chi connectivity index (χ1n) is 10.1. The molecule has 0 aromatic carbocycles. The maximum atomic E-state index is 13.1. The van der Waals surface area contributed by atoms with Crippen LogP contribution in [0, 0.1) is 11.8 Å². The van der Waals surface area contributed by atoms with E-state index in [0.717, 1.165) is 32.2 Å². The zero-order valence-electron chi connectivity index (χ0n) is 17.1. The number of hydrogen-bond acceptors (Lipinski definition) is 4. The minimum absolute atomic E-state index is 0.00931. The Morgan fingerprint density at radius 2 is 1.88 bits per heavy atom. The Kier molecular flexibility index (Phi) is 7.33. The van der Waals surface area contributed by atoms with E-state index < -0.39 is 0 Å². The van der Waals surface area contributed by atoms with E-state index in [0.29, 0.717) is 32.2 Å². The van der Waals surface area contributed by atoms with Crippen molar-refractivity contribution in [2.45, 2.75) is 71.9 Å². The molecule has 0 saturated carbocycles. The van der Waals surface area contributed by atoms with Gasteiger partial charge >= 0.3 is 6.09 Å². The molecule has 2 aliphatic heterocycles. The highest BCUT2D eigenvalue weighted by Gasteiger charge is 2.37. The van der Waals surface area contributed by atoms with Gasteiger partial charge < -0.3 is 19.3 Å². The largest absolute Gasteiger partial charge is 0.449 e. The van der Waals surface area contributed by atoms with Crippen LogP contribution in [0.4, 0.5) is 4.79 Å². The highest BCUT2D eigenvalue weighted by Crippen LogP contribution is 2.29. The molecule has 0 radical (unpaired) electrons. The summed E-state index contributed by atoms with van der Waals surface area (Å²) in [4.78, 5) is 28.9. The molecule has 2 rings (SSSR count). The monoisotopic (exact) mass is 368 g/mol. The molecule has 6 heteroatoms. The third kappa shape index (κ3) is 5.60. The summed E-state index contributed by atoms with van der Waals surface area (Å²) in [5.74, 6) is 0.584. The molecular weight excluding hydrogens is 332 g/mol. The van der Waals surface area contributed by atoms with Gasteiger partial charge in [0.1, 0.15) is 0 Å². The van der Waals surface area contributed by atoms with E-state index in [9.17, 15) is 9.59 Å². The van der Waals surface area contributed by atoms with Gasteiger partial charge in [0, 0.05) is 38.2 Å². The van der Waals surface area contributed by atoms with E-state index in [2.05, 4.69) is 20.8 Å². The fourth-order valence-electron chi connectivity index (χ4n) is 3.93. The van der Waals surface area contributed by atoms with E-state index in [4.69, 9.17) is 9.47 Å². The summed E-state index contributed by atoms with van der Waals surface area (Å²) in [6.45, 7) is 13.4. The van der Waals surface area contributed by atoms with Gasteiger partial charge in [-0.3, -0.25) is 4.79 Å². The molecule has 2 fully saturated rings. The first kappa shape index (κ1) is 21.0. The Morgan fingerprint density at radius 1 is 1.23 bits per heavy atom. The summed E-state index contributed by atoms with van der Waals surface area (Å²) in [5, 5.41) is 0. The average Bonchev–Trinajstić information content (AvgIpc) is 2.59. The van der Waals surface area contributed by atoms with Gasteiger partial charge in [0.25, 0.3) is 0 Å². The Labute approximate surface area is 158 Å². The highest BCUT2D eigenvalue weighted by atomic mass is 16.6. The molecule has 1 atom stereocenters. The number of ether oxygens (including phenoxy) is 2. The van der Waals surface area contributed by atoms with Crippen molar-refractivity contribution in [1.29, 1.82) is 0 Å². The number of carbonyl (C=O) groups excluding carboxylic acids is 2. The maximum absolute atomic E-state index is 13.1. The minimum Gasteiger partial charge on any atom is -0.449 e. The van der Waals surface area contributed by atoms with Crippen LogP contribution in [0.1, 0.15) is 60.3 Å². The number of piperidine rings is 1. The number of hydrogen-bond donors (Lipinski definition) is 0. The second kappa shape index (κ2) is 9.07. The van der Waals surface area contributed by atoms with Crippen molar-refractivity contribution in [3.63, 3.8) is 0 Å². The zero-order chi connectivity index (χ0) is 19.3. The second-order valence-electron chi connectivity index (χ2n) is 8.61. The number of nitrogens with zero attached hydrogens (tertiary/aromatic N) is 2. The minimum atomic E-state index is -0.247. The number of amides is 2. The smallest absolute Gasteiger partial charge is 0.409 e. The van der Waals surface area contributed by atoms with Crippen LogP contribution < -0.4 is 0 Å². The summed E-state index contributed by atoms with van der Waals surface area (Å²) in [6, 6.07) is 0.255. The molecule has 150 valence electrons. The second-order valence-corrected chi connectivity index (χ2v) is 8.61. The van der Waals surface area contributed by atoms with Gasteiger partial charge in [0.15, 0.2) is 0 Å². The lowest BCUT2D eigenvalue weighted by Crippen LogP contribution is -2.51. The summed E-state index contributed by atoms with van der Waals surface area (Å²) >= 11 is 0. The fraction of sp³-hybridized carbons (Fsp3) is 0.900. The Hall–Kier alpha value is -1.30. The van der Waals surface area contributed by atoms with Crippen molar-refractivity contribution in [1.82, 2.24) is 9.80 Å². The van der Waals surface area contributed by atoms with Crippen molar-refractivity contribution in [2.75, 3.05) is 32.8 Å². The van der Waals surface area contributed by atoms with Crippen LogP contribution >= 0.6 is 0 Å². The van der Waals surface area contributed by atoms with Crippen LogP contribution in [0.15, 0.2) is 0 Å². The van der Waals surface area contributed by atoms with E-state index in [-0.39, 0.29) is 29.6 Å². The van der Waals surface area contributed by atoms with E-state index in [1.54, 1.807) is 4.90 Å². The predicted octanol–water partition coefficient (Wildman–Crippen LogP) is 3.30. The molecule has 0 aromatic rings. The highest BCUT2D eigenvalue weighted by molar-refractivity contribution is 5.79. The molecule has 6 nitrogen and oxygen atoms in total. The van der Waals surface area contributed by atoms with Crippen molar-refractivity contribution in [2.24, 2.45) is 11.8 Å². The first-order chi connectivity index (χ1) is 12.2. The van der Waals surface area contributed by atoms with Gasteiger partial charge in [-0.05, 0) is 52.4 Å². The Morgan fingerprint density at radius 3 is 2.42 bits per heavy atom. The lowest BCUT2D eigenvalue weighted by molar-refractivity contribution is -0.145. The Bertz CT molecular complexity index is 484. The normalized spacial score (nSPS) is 23.8. The summed E-state index contributed by atoms with van der Waals surface area (Å²) in [6.07, 6.45) is 2.98. The molecule has 0 aliphatic carbocycles. The van der Waals surface area contributed by atoms with Gasteiger partial charge in [-0.15, -0.1) is 0 Å². The Balaban J connectivity index is 1.87. The standard InChI is InChI=1S/C20H36N2O4/c1-6-22(17-9-12-26-20(4,5)13-17)18(23)16-7-10-21(11-8-16)19(24)25-14-15(2)3/h15-17H,6-14H2,1-5H3. The molecule has 26 heavy (non-hydrogen) atoms. The van der Waals surface area contributed by atoms with Crippen LogP contribution in [0.3, 0.4) is 0 Å². The molecule has 0 bridgehead atoms. The van der Waals surface area contributed by atoms with Gasteiger partial charge in [-0.1, -0.05) is 13.8 Å². The van der Waals surface area contributed by atoms with Gasteiger partial charge in [0.05, 0.1) is 12.2 Å². The quantitative estimate of drug-likeness (QED) is 0.747. The molecule has 2 saturated heterocycles. The molecule has 1 unspecified atom stereocenters. The van der Waals surface area contributed by atoms with Crippen LogP contribution in [-0.2, 0) is 14.3 Å². The van der Waals surface area contributed by atoms with Gasteiger partial charge in [-0.2, -0.15) is 0 Å². The van der Waals surface area contributed by atoms with Gasteiger partial charge in [0.2, 0.25) is 5.91 Å². The molecule has 0 N–H and O–H groups in total. The van der Waals surface area contributed by atoms with E-state index in [1.807, 2.05) is 18.7 Å². The number of carbonyl (C=O) groups is 2. The lowest BCUT2D eigenvalue weighted by Gasteiger charge is -2.42. The summed E-state index contributed by atoms with van der Waals surface area (Å²) in [5.41, 5.74) is -0.167. The molecule has 0 spiro atoms. The molecule has 2 aliphatic rings. The molecule has 0 aromatic heterocycles. The molecule has 2 heterocycles. The first-order valence-corrected chi connectivity index (χ1v) is 10.1. The van der Waals surface area contributed by atoms with Crippen molar-refractivity contribution in [3.8, 4) is 0 Å². The predicted molar refractivity (Wildman–Crippen MR) is 101 cm³/mol. The SMILES string of the molecule is CCN(C(=O)C1CCN(C(=O)OCC(C)C)CC1)C1CCOC(C)(C)C1. The lowest BCUT2D eigenvalue weighted by atomic mass is 9.90. The van der Waals surface area contributed by atoms with Crippen molar-refractivity contribution < 1.29 is 19.1 Å². The van der Waals surface area contributed by atoms with Crippen molar-refractivity contribution >= 4 is 12.0 Å². The zero-order valence-corrected chi connectivity index (χ0v) is 17.1. The number of likely N-dealkylation sites (tertiary alicyclic amines) is 1.